The highest BCUT2D eigenvalue weighted by Gasteiger charge is 2.35. The van der Waals surface area contributed by atoms with Crippen LogP contribution in [0.1, 0.15) is 32.3 Å². The molecule has 1 unspecified atom stereocenters. The van der Waals surface area contributed by atoms with Gasteiger partial charge in [-0.15, -0.1) is 0 Å². The lowest BCUT2D eigenvalue weighted by molar-refractivity contribution is -0.0284. The second-order valence-electron chi connectivity index (χ2n) is 8.86. The van der Waals surface area contributed by atoms with Gasteiger partial charge in [-0.3, -0.25) is 9.89 Å². The van der Waals surface area contributed by atoms with Crippen molar-refractivity contribution in [1.29, 1.82) is 0 Å². The summed E-state index contributed by atoms with van der Waals surface area (Å²) in [6.07, 6.45) is 2.11. The molecule has 2 saturated heterocycles. The first-order valence-electron chi connectivity index (χ1n) is 11.1. The van der Waals surface area contributed by atoms with Gasteiger partial charge in [0.25, 0.3) is 0 Å². The van der Waals surface area contributed by atoms with Crippen molar-refractivity contribution >= 4 is 17.6 Å². The highest BCUT2D eigenvalue weighted by Crippen LogP contribution is 2.35. The molecule has 0 bridgehead atoms. The van der Waals surface area contributed by atoms with Crippen LogP contribution in [0.25, 0.3) is 0 Å². The van der Waals surface area contributed by atoms with E-state index < -0.39 is 0 Å². The summed E-state index contributed by atoms with van der Waals surface area (Å²) in [5.41, 5.74) is 1.26. The molecule has 0 amide bonds. The quantitative estimate of drug-likeness (QED) is 0.508. The van der Waals surface area contributed by atoms with Gasteiger partial charge in [0.1, 0.15) is 0 Å². The Labute approximate surface area is 186 Å². The second-order valence-corrected chi connectivity index (χ2v) is 9.29. The van der Waals surface area contributed by atoms with E-state index in [1.54, 1.807) is 0 Å². The fourth-order valence-electron chi connectivity index (χ4n) is 4.42. The van der Waals surface area contributed by atoms with Crippen LogP contribution in [0.15, 0.2) is 29.3 Å². The van der Waals surface area contributed by atoms with Crippen molar-refractivity contribution in [2.45, 2.75) is 38.2 Å². The third-order valence-electron chi connectivity index (χ3n) is 6.05. The fourth-order valence-corrected chi connectivity index (χ4v) is 4.61. The number of ether oxygens (including phenoxy) is 2. The van der Waals surface area contributed by atoms with Crippen molar-refractivity contribution in [3.63, 3.8) is 0 Å². The van der Waals surface area contributed by atoms with Gasteiger partial charge in [-0.2, -0.15) is 0 Å². The number of morpholine rings is 1. The van der Waals surface area contributed by atoms with Crippen LogP contribution in [0.2, 0.25) is 5.02 Å². The first-order chi connectivity index (χ1) is 14.5. The smallest absolute Gasteiger partial charge is 0.191 e. The van der Waals surface area contributed by atoms with E-state index in [-0.39, 0.29) is 11.5 Å². The number of nitrogens with one attached hydrogen (secondary N) is 2. The molecule has 2 N–H and O–H groups in total. The number of nitrogens with zero attached hydrogens (tertiary/aromatic N) is 2. The van der Waals surface area contributed by atoms with Crippen molar-refractivity contribution in [3.05, 3.63) is 34.9 Å². The van der Waals surface area contributed by atoms with Crippen LogP contribution >= 0.6 is 11.6 Å². The Morgan fingerprint density at radius 3 is 2.77 bits per heavy atom. The number of rotatable bonds is 7. The van der Waals surface area contributed by atoms with E-state index in [2.05, 4.69) is 46.5 Å². The third kappa shape index (κ3) is 6.58. The molecule has 0 spiro atoms. The Morgan fingerprint density at radius 2 is 2.07 bits per heavy atom. The Bertz CT molecular complexity index is 692. The Hall–Kier alpha value is -1.34. The van der Waals surface area contributed by atoms with Gasteiger partial charge in [0, 0.05) is 63.4 Å². The van der Waals surface area contributed by atoms with Gasteiger partial charge >= 0.3 is 0 Å². The minimum atomic E-state index is -0.00380. The summed E-state index contributed by atoms with van der Waals surface area (Å²) in [6.45, 7) is 11.5. The molecule has 2 aliphatic rings. The molecule has 168 valence electrons. The lowest BCUT2D eigenvalue weighted by atomic mass is 9.74. The van der Waals surface area contributed by atoms with E-state index in [1.807, 2.05) is 19.2 Å². The van der Waals surface area contributed by atoms with Crippen LogP contribution in [-0.2, 0) is 14.9 Å². The molecular weight excluding hydrogens is 400 g/mol. The summed E-state index contributed by atoms with van der Waals surface area (Å²) in [7, 11) is 1.82. The Balaban J connectivity index is 1.55. The minimum absolute atomic E-state index is 0.00380. The molecule has 0 aliphatic carbocycles. The number of hydrogen-bond donors (Lipinski definition) is 2. The van der Waals surface area contributed by atoms with Gasteiger partial charge in [0.15, 0.2) is 5.96 Å². The predicted octanol–water partition coefficient (Wildman–Crippen LogP) is 2.91. The number of benzene rings is 1. The maximum atomic E-state index is 6.29. The monoisotopic (exact) mass is 436 g/mol. The zero-order valence-electron chi connectivity index (χ0n) is 18.6. The van der Waals surface area contributed by atoms with Gasteiger partial charge in [-0.05, 0) is 36.5 Å². The summed E-state index contributed by atoms with van der Waals surface area (Å²) in [4.78, 5) is 6.93. The van der Waals surface area contributed by atoms with Crippen LogP contribution in [0.3, 0.4) is 0 Å². The Morgan fingerprint density at radius 1 is 1.27 bits per heavy atom. The van der Waals surface area contributed by atoms with E-state index in [9.17, 15) is 0 Å². The topological polar surface area (TPSA) is 58.1 Å². The van der Waals surface area contributed by atoms with Crippen LogP contribution in [0, 0.1) is 5.92 Å². The van der Waals surface area contributed by atoms with E-state index in [0.29, 0.717) is 5.92 Å². The molecule has 1 aromatic carbocycles. The fraction of sp³-hybridized carbons (Fsp3) is 0.696. The summed E-state index contributed by atoms with van der Waals surface area (Å²) in [6, 6.07) is 8.22. The molecule has 6 nitrogen and oxygen atoms in total. The zero-order chi connectivity index (χ0) is 21.4. The van der Waals surface area contributed by atoms with Crippen LogP contribution in [-0.4, -0.2) is 76.6 Å². The first kappa shape index (κ1) is 23.3. The van der Waals surface area contributed by atoms with Gasteiger partial charge in [-0.1, -0.05) is 37.6 Å². The molecule has 30 heavy (non-hydrogen) atoms. The number of aliphatic imine (C=N–C) groups is 1. The average molecular weight is 437 g/mol. The maximum absolute atomic E-state index is 6.29. The minimum Gasteiger partial charge on any atom is -0.381 e. The van der Waals surface area contributed by atoms with Crippen molar-refractivity contribution in [3.8, 4) is 0 Å². The average Bonchev–Trinajstić information content (AvgIpc) is 2.74. The molecule has 2 aliphatic heterocycles. The summed E-state index contributed by atoms with van der Waals surface area (Å²) >= 11 is 6.29. The highest BCUT2D eigenvalue weighted by molar-refractivity contribution is 6.30. The summed E-state index contributed by atoms with van der Waals surface area (Å²) in [5.74, 6) is 1.49. The van der Waals surface area contributed by atoms with Crippen LogP contribution < -0.4 is 10.6 Å². The molecule has 0 aromatic heterocycles. The molecule has 1 atom stereocenters. The SMILES string of the molecule is CN=C(NCC1CN(CC(C)C)CCO1)NCC1(c2cccc(Cl)c2)CCOCC1. The van der Waals surface area contributed by atoms with Crippen molar-refractivity contribution in [2.24, 2.45) is 10.9 Å². The molecular formula is C23H37ClN4O2. The lowest BCUT2D eigenvalue weighted by Crippen LogP contribution is -2.52. The number of guanidine groups is 1. The molecule has 3 rings (SSSR count). The predicted molar refractivity (Wildman–Crippen MR) is 124 cm³/mol. The summed E-state index contributed by atoms with van der Waals surface area (Å²) < 4.78 is 11.6. The number of hydrogen-bond acceptors (Lipinski definition) is 4. The maximum Gasteiger partial charge on any atom is 0.191 e. The van der Waals surface area contributed by atoms with Gasteiger partial charge in [-0.25, -0.2) is 0 Å². The van der Waals surface area contributed by atoms with Crippen LogP contribution in [0.4, 0.5) is 0 Å². The molecule has 0 saturated carbocycles. The molecule has 0 radical (unpaired) electrons. The lowest BCUT2D eigenvalue weighted by Gasteiger charge is -2.38. The normalized spacial score (nSPS) is 22.8. The van der Waals surface area contributed by atoms with Crippen molar-refractivity contribution in [2.75, 3.05) is 59.6 Å². The van der Waals surface area contributed by atoms with E-state index in [1.165, 1.54) is 5.56 Å². The molecule has 7 heteroatoms. The van der Waals surface area contributed by atoms with E-state index in [0.717, 1.165) is 76.4 Å². The highest BCUT2D eigenvalue weighted by atomic mass is 35.5. The van der Waals surface area contributed by atoms with Gasteiger partial charge < -0.3 is 20.1 Å². The van der Waals surface area contributed by atoms with Crippen molar-refractivity contribution in [1.82, 2.24) is 15.5 Å². The van der Waals surface area contributed by atoms with Gasteiger partial charge in [0.05, 0.1) is 12.7 Å². The first-order valence-corrected chi connectivity index (χ1v) is 11.5. The third-order valence-corrected chi connectivity index (χ3v) is 6.28. The van der Waals surface area contributed by atoms with Gasteiger partial charge in [0.2, 0.25) is 0 Å². The molecule has 1 aromatic rings. The van der Waals surface area contributed by atoms with E-state index in [4.69, 9.17) is 21.1 Å². The van der Waals surface area contributed by atoms with Crippen molar-refractivity contribution < 1.29 is 9.47 Å². The summed E-state index contributed by atoms with van der Waals surface area (Å²) in [5, 5.41) is 7.79. The largest absolute Gasteiger partial charge is 0.381 e. The molecule has 2 fully saturated rings. The standard InChI is InChI=1S/C23H37ClN4O2/c1-18(2)15-28-9-12-30-21(16-28)14-26-22(25-3)27-17-23(7-10-29-11-8-23)19-5-4-6-20(24)13-19/h4-6,13,18,21H,7-12,14-17H2,1-3H3,(H2,25,26,27). The second kappa shape index (κ2) is 11.3. The molecule has 2 heterocycles. The Kier molecular flexibility index (Phi) is 8.81. The number of halogens is 1. The zero-order valence-corrected chi connectivity index (χ0v) is 19.4. The van der Waals surface area contributed by atoms with E-state index >= 15 is 0 Å². The van der Waals surface area contributed by atoms with Crippen LogP contribution in [0.5, 0.6) is 0 Å².